The number of nitrogens with zero attached hydrogens (tertiary/aromatic N) is 1. The fraction of sp³-hybridized carbons (Fsp3) is 0.0667. The lowest BCUT2D eigenvalue weighted by Crippen LogP contribution is -2.21. The number of aliphatic carboxylic acids is 1. The lowest BCUT2D eigenvalue weighted by molar-refractivity contribution is -0.192. The Hall–Kier alpha value is -2.61. The molecule has 8 heteroatoms. The molecule has 0 aliphatic rings. The number of hydrogen-bond donors (Lipinski definition) is 2. The molecule has 120 valence electrons. The molecule has 0 radical (unpaired) electrons. The topological polar surface area (TPSA) is 76.2 Å². The summed E-state index contributed by atoms with van der Waals surface area (Å²) in [6, 6.07) is 10.4. The predicted molar refractivity (Wildman–Crippen MR) is 83.2 cm³/mol. The number of carboxylic acid groups (broad SMARTS) is 1. The molecule has 0 atom stereocenters. The molecule has 2 aromatic heterocycles. The molecule has 1 aromatic carbocycles. The van der Waals surface area contributed by atoms with Crippen LogP contribution in [0.5, 0.6) is 0 Å². The van der Waals surface area contributed by atoms with E-state index in [1.165, 1.54) is 11.1 Å². The first-order chi connectivity index (χ1) is 10.8. The fourth-order valence-corrected chi connectivity index (χ4v) is 2.46. The molecule has 3 rings (SSSR count). The maximum absolute atomic E-state index is 10.6. The minimum atomic E-state index is -5.08. The number of thiophene rings is 1. The molecule has 0 unspecified atom stereocenters. The maximum atomic E-state index is 10.6. The Morgan fingerprint density at radius 3 is 2.43 bits per heavy atom. The van der Waals surface area contributed by atoms with E-state index in [0.29, 0.717) is 5.82 Å². The van der Waals surface area contributed by atoms with Crippen LogP contribution in [0.2, 0.25) is 0 Å². The number of carboxylic acids is 1. The first-order valence-electron chi connectivity index (χ1n) is 6.26. The number of halogens is 3. The second-order valence-corrected chi connectivity index (χ2v) is 5.23. The summed E-state index contributed by atoms with van der Waals surface area (Å²) in [5.74, 6) is -2.16. The molecule has 2 heterocycles. The second-order valence-electron chi connectivity index (χ2n) is 4.45. The summed E-state index contributed by atoms with van der Waals surface area (Å²) in [4.78, 5) is 13.0. The number of hydrogen-bond acceptors (Lipinski definition) is 4. The van der Waals surface area contributed by atoms with Crippen LogP contribution in [0.15, 0.2) is 47.3 Å². The van der Waals surface area contributed by atoms with Crippen molar-refractivity contribution in [2.75, 3.05) is 5.73 Å². The van der Waals surface area contributed by atoms with Crippen LogP contribution < -0.4 is 5.73 Å². The number of rotatable bonds is 1. The van der Waals surface area contributed by atoms with Crippen molar-refractivity contribution in [1.82, 2.24) is 4.98 Å². The van der Waals surface area contributed by atoms with E-state index in [9.17, 15) is 13.2 Å². The molecule has 3 aromatic rings. The highest BCUT2D eigenvalue weighted by Gasteiger charge is 2.38. The predicted octanol–water partition coefficient (Wildman–Crippen LogP) is 4.18. The van der Waals surface area contributed by atoms with E-state index >= 15 is 0 Å². The first-order valence-corrected chi connectivity index (χ1v) is 7.20. The molecular formula is C15H11F3N2O2S. The van der Waals surface area contributed by atoms with Crippen LogP contribution in [-0.4, -0.2) is 22.2 Å². The number of nitrogens with two attached hydrogens (primary N) is 1. The van der Waals surface area contributed by atoms with Crippen LogP contribution in [0.25, 0.3) is 21.9 Å². The highest BCUT2D eigenvalue weighted by atomic mass is 32.1. The summed E-state index contributed by atoms with van der Waals surface area (Å²) in [6.07, 6.45) is -3.35. The highest BCUT2D eigenvalue weighted by molar-refractivity contribution is 7.08. The molecule has 0 saturated heterocycles. The number of fused-ring (bicyclic) bond motifs is 1. The molecule has 0 aliphatic carbocycles. The van der Waals surface area contributed by atoms with E-state index < -0.39 is 12.1 Å². The SMILES string of the molecule is Nc1nccc2ccc(-c3ccsc3)cc12.O=C(O)C(F)(F)F. The monoisotopic (exact) mass is 340 g/mol. The van der Waals surface area contributed by atoms with E-state index in [1.54, 1.807) is 17.5 Å². The lowest BCUT2D eigenvalue weighted by Gasteiger charge is -2.03. The minimum Gasteiger partial charge on any atom is -0.475 e. The number of alkyl halides is 3. The van der Waals surface area contributed by atoms with Gasteiger partial charge in [-0.25, -0.2) is 9.78 Å². The normalized spacial score (nSPS) is 10.9. The van der Waals surface area contributed by atoms with Crippen molar-refractivity contribution >= 4 is 33.9 Å². The van der Waals surface area contributed by atoms with Gasteiger partial charge in [0.05, 0.1) is 0 Å². The van der Waals surface area contributed by atoms with Crippen molar-refractivity contribution in [3.63, 3.8) is 0 Å². The van der Waals surface area contributed by atoms with Gasteiger partial charge in [-0.1, -0.05) is 12.1 Å². The molecule has 0 spiro atoms. The van der Waals surface area contributed by atoms with Gasteiger partial charge in [-0.2, -0.15) is 24.5 Å². The minimum absolute atomic E-state index is 0.592. The number of aromatic nitrogens is 1. The Bertz CT molecular complexity index is 817. The van der Waals surface area contributed by atoms with Gasteiger partial charge >= 0.3 is 12.1 Å². The van der Waals surface area contributed by atoms with Crippen molar-refractivity contribution in [2.24, 2.45) is 0 Å². The number of pyridine rings is 1. The first kappa shape index (κ1) is 16.8. The highest BCUT2D eigenvalue weighted by Crippen LogP contribution is 2.27. The molecule has 23 heavy (non-hydrogen) atoms. The van der Waals surface area contributed by atoms with Crippen molar-refractivity contribution in [3.8, 4) is 11.1 Å². The van der Waals surface area contributed by atoms with E-state index in [4.69, 9.17) is 15.6 Å². The van der Waals surface area contributed by atoms with Gasteiger partial charge in [0.15, 0.2) is 0 Å². The standard InChI is InChI=1S/C13H10N2S.C2HF3O2/c14-13-12-7-10(11-4-6-16-8-11)2-1-9(12)3-5-15-13;3-2(4,5)1(6)7/h1-8H,(H2,14,15);(H,6,7). The van der Waals surface area contributed by atoms with Crippen LogP contribution in [0, 0.1) is 0 Å². The van der Waals surface area contributed by atoms with Crippen molar-refractivity contribution in [3.05, 3.63) is 47.3 Å². The number of nitrogen functional groups attached to an aromatic ring is 1. The average molecular weight is 340 g/mol. The Morgan fingerprint density at radius 2 is 1.87 bits per heavy atom. The summed E-state index contributed by atoms with van der Waals surface area (Å²) >= 11 is 1.70. The fourth-order valence-electron chi connectivity index (χ4n) is 1.80. The van der Waals surface area contributed by atoms with Gasteiger partial charge in [-0.15, -0.1) is 0 Å². The average Bonchev–Trinajstić information content (AvgIpc) is 3.01. The third-order valence-corrected chi connectivity index (χ3v) is 3.58. The summed E-state index contributed by atoms with van der Waals surface area (Å²) in [7, 11) is 0. The van der Waals surface area contributed by atoms with E-state index in [2.05, 4.69) is 40.0 Å². The Labute approximate surface area is 133 Å². The number of carbonyl (C=O) groups is 1. The summed E-state index contributed by atoms with van der Waals surface area (Å²) in [5, 5.41) is 13.5. The van der Waals surface area contributed by atoms with Crippen LogP contribution in [0.4, 0.5) is 19.0 Å². The van der Waals surface area contributed by atoms with Gasteiger partial charge < -0.3 is 10.8 Å². The van der Waals surface area contributed by atoms with Gasteiger partial charge in [0, 0.05) is 11.6 Å². The molecule has 0 amide bonds. The van der Waals surface area contributed by atoms with Crippen molar-refractivity contribution < 1.29 is 23.1 Å². The van der Waals surface area contributed by atoms with E-state index in [-0.39, 0.29) is 0 Å². The Balaban J connectivity index is 0.000000236. The smallest absolute Gasteiger partial charge is 0.475 e. The molecule has 0 bridgehead atoms. The Morgan fingerprint density at radius 1 is 1.17 bits per heavy atom. The summed E-state index contributed by atoms with van der Waals surface area (Å²) < 4.78 is 31.7. The summed E-state index contributed by atoms with van der Waals surface area (Å²) in [5.41, 5.74) is 8.29. The zero-order chi connectivity index (χ0) is 17.0. The van der Waals surface area contributed by atoms with Crippen molar-refractivity contribution in [2.45, 2.75) is 6.18 Å². The van der Waals surface area contributed by atoms with E-state index in [0.717, 1.165) is 10.8 Å². The number of anilines is 1. The molecule has 0 fully saturated rings. The summed E-state index contributed by atoms with van der Waals surface area (Å²) in [6.45, 7) is 0. The third-order valence-electron chi connectivity index (χ3n) is 2.89. The van der Waals surface area contributed by atoms with Gasteiger partial charge in [-0.3, -0.25) is 0 Å². The second kappa shape index (κ2) is 6.66. The Kier molecular flexibility index (Phi) is 4.85. The zero-order valence-corrected chi connectivity index (χ0v) is 12.4. The van der Waals surface area contributed by atoms with Crippen molar-refractivity contribution in [1.29, 1.82) is 0 Å². The lowest BCUT2D eigenvalue weighted by atomic mass is 10.0. The molecular weight excluding hydrogens is 329 g/mol. The van der Waals surface area contributed by atoms with Crippen LogP contribution in [0.3, 0.4) is 0 Å². The van der Waals surface area contributed by atoms with Gasteiger partial charge in [-0.05, 0) is 45.5 Å². The molecule has 4 nitrogen and oxygen atoms in total. The molecule has 0 aliphatic heterocycles. The van der Waals surface area contributed by atoms with E-state index in [1.807, 2.05) is 6.07 Å². The van der Waals surface area contributed by atoms with Crippen LogP contribution in [-0.2, 0) is 4.79 Å². The molecule has 3 N–H and O–H groups in total. The van der Waals surface area contributed by atoms with Crippen LogP contribution in [0.1, 0.15) is 0 Å². The van der Waals surface area contributed by atoms with Gasteiger partial charge in [0.1, 0.15) is 5.82 Å². The molecule has 0 saturated carbocycles. The zero-order valence-electron chi connectivity index (χ0n) is 11.5. The maximum Gasteiger partial charge on any atom is 0.490 e. The van der Waals surface area contributed by atoms with Gasteiger partial charge in [0.2, 0.25) is 0 Å². The quantitative estimate of drug-likeness (QED) is 0.697. The van der Waals surface area contributed by atoms with Gasteiger partial charge in [0.25, 0.3) is 0 Å². The third kappa shape index (κ3) is 4.19. The number of benzene rings is 1. The van der Waals surface area contributed by atoms with Crippen LogP contribution >= 0.6 is 11.3 Å². The largest absolute Gasteiger partial charge is 0.490 e.